The lowest BCUT2D eigenvalue weighted by atomic mass is 10.2. The molecule has 1 aromatic carbocycles. The number of hydrogen-bond acceptors (Lipinski definition) is 6. The van der Waals surface area contributed by atoms with Gasteiger partial charge in [-0.25, -0.2) is 15.8 Å². The molecule has 2 heterocycles. The van der Waals surface area contributed by atoms with Crippen LogP contribution in [0.5, 0.6) is 0 Å². The highest BCUT2D eigenvalue weighted by atomic mass is 35.5. The molecule has 0 aliphatic carbocycles. The van der Waals surface area contributed by atoms with Crippen molar-refractivity contribution in [2.45, 2.75) is 0 Å². The van der Waals surface area contributed by atoms with Crippen molar-refractivity contribution in [3.05, 3.63) is 65.6 Å². The number of hydrazine groups is 1. The van der Waals surface area contributed by atoms with E-state index in [4.69, 9.17) is 17.4 Å². The molecule has 4 N–H and O–H groups in total. The zero-order chi connectivity index (χ0) is 16.9. The second-order valence-corrected chi connectivity index (χ2v) is 5.21. The summed E-state index contributed by atoms with van der Waals surface area (Å²) in [5.74, 6) is 5.08. The number of anilines is 2. The molecular weight excluding hydrogens is 328 g/mol. The number of carbonyl (C=O) groups is 1. The summed E-state index contributed by atoms with van der Waals surface area (Å²) in [4.78, 5) is 24.3. The highest BCUT2D eigenvalue weighted by Crippen LogP contribution is 2.26. The smallest absolute Gasteiger partial charge is 0.265 e. The number of nitrogens with zero attached hydrogens (tertiary/aromatic N) is 3. The zero-order valence-corrected chi connectivity index (χ0v) is 13.2. The number of amides is 1. The predicted molar refractivity (Wildman–Crippen MR) is 91.7 cm³/mol. The van der Waals surface area contributed by atoms with Crippen molar-refractivity contribution in [2.75, 3.05) is 5.32 Å². The van der Waals surface area contributed by atoms with Crippen molar-refractivity contribution in [3.8, 4) is 11.3 Å². The highest BCUT2D eigenvalue weighted by molar-refractivity contribution is 6.33. The molecule has 0 spiro atoms. The SMILES string of the molecule is NNC(=O)c1ccc(Cl)c(Nc2nccc(-c3cccnc3)n2)c1. The van der Waals surface area contributed by atoms with Crippen LogP contribution in [0.2, 0.25) is 5.02 Å². The standard InChI is InChI=1S/C16H13ClN6O/c17-12-4-3-10(15(24)23-18)8-14(12)22-16-20-7-5-13(21-16)11-2-1-6-19-9-11/h1-9H,18H2,(H,23,24)(H,20,21,22). The second kappa shape index (κ2) is 7.03. The zero-order valence-electron chi connectivity index (χ0n) is 12.4. The van der Waals surface area contributed by atoms with Gasteiger partial charge in [0.1, 0.15) is 0 Å². The van der Waals surface area contributed by atoms with Crippen molar-refractivity contribution in [2.24, 2.45) is 5.84 Å². The van der Waals surface area contributed by atoms with Gasteiger partial charge in [0, 0.05) is 29.7 Å². The molecule has 24 heavy (non-hydrogen) atoms. The number of hydrogen-bond donors (Lipinski definition) is 3. The number of benzene rings is 1. The number of nitrogens with one attached hydrogen (secondary N) is 2. The first kappa shape index (κ1) is 15.9. The molecule has 0 atom stereocenters. The molecule has 0 unspecified atom stereocenters. The van der Waals surface area contributed by atoms with Crippen LogP contribution in [-0.4, -0.2) is 20.9 Å². The van der Waals surface area contributed by atoms with Crippen LogP contribution in [0, 0.1) is 0 Å². The Morgan fingerprint density at radius 1 is 1.17 bits per heavy atom. The van der Waals surface area contributed by atoms with Gasteiger partial charge in [-0.3, -0.25) is 15.2 Å². The summed E-state index contributed by atoms with van der Waals surface area (Å²) < 4.78 is 0. The molecule has 120 valence electrons. The molecule has 0 fully saturated rings. The Bertz CT molecular complexity index is 871. The van der Waals surface area contributed by atoms with E-state index in [2.05, 4.69) is 25.7 Å². The van der Waals surface area contributed by atoms with Crippen molar-refractivity contribution >= 4 is 29.1 Å². The van der Waals surface area contributed by atoms with E-state index in [1.807, 2.05) is 12.1 Å². The Balaban J connectivity index is 1.90. The Morgan fingerprint density at radius 3 is 2.79 bits per heavy atom. The minimum atomic E-state index is -0.417. The maximum Gasteiger partial charge on any atom is 0.265 e. The summed E-state index contributed by atoms with van der Waals surface area (Å²) in [5, 5.41) is 3.44. The van der Waals surface area contributed by atoms with E-state index in [-0.39, 0.29) is 0 Å². The normalized spacial score (nSPS) is 10.2. The van der Waals surface area contributed by atoms with Crippen LogP contribution >= 0.6 is 11.6 Å². The van der Waals surface area contributed by atoms with Gasteiger partial charge in [-0.15, -0.1) is 0 Å². The average molecular weight is 341 g/mol. The number of rotatable bonds is 4. The first-order chi connectivity index (χ1) is 11.7. The lowest BCUT2D eigenvalue weighted by molar-refractivity contribution is 0.0953. The van der Waals surface area contributed by atoms with Crippen LogP contribution < -0.4 is 16.6 Å². The van der Waals surface area contributed by atoms with Crippen molar-refractivity contribution < 1.29 is 4.79 Å². The molecule has 0 saturated heterocycles. The number of halogens is 1. The topological polar surface area (TPSA) is 106 Å². The maximum absolute atomic E-state index is 11.6. The van der Waals surface area contributed by atoms with E-state index < -0.39 is 5.91 Å². The summed E-state index contributed by atoms with van der Waals surface area (Å²) in [6.45, 7) is 0. The summed E-state index contributed by atoms with van der Waals surface area (Å²) >= 11 is 6.16. The van der Waals surface area contributed by atoms with Crippen LogP contribution in [0.1, 0.15) is 10.4 Å². The third-order valence-electron chi connectivity index (χ3n) is 3.22. The lowest BCUT2D eigenvalue weighted by Crippen LogP contribution is -2.29. The maximum atomic E-state index is 11.6. The predicted octanol–water partition coefficient (Wildman–Crippen LogP) is 2.54. The molecular formula is C16H13ClN6O. The van der Waals surface area contributed by atoms with Gasteiger partial charge in [-0.05, 0) is 36.4 Å². The summed E-state index contributed by atoms with van der Waals surface area (Å²) in [7, 11) is 0. The van der Waals surface area contributed by atoms with Crippen molar-refractivity contribution in [3.63, 3.8) is 0 Å². The molecule has 3 aromatic rings. The molecule has 3 rings (SSSR count). The van der Waals surface area contributed by atoms with Gasteiger partial charge in [-0.2, -0.15) is 0 Å². The molecule has 0 aliphatic heterocycles. The van der Waals surface area contributed by atoms with E-state index in [1.165, 1.54) is 0 Å². The molecule has 2 aromatic heterocycles. The first-order valence-electron chi connectivity index (χ1n) is 6.98. The minimum Gasteiger partial charge on any atom is -0.323 e. The fourth-order valence-electron chi connectivity index (χ4n) is 2.06. The number of carbonyl (C=O) groups excluding carboxylic acids is 1. The summed E-state index contributed by atoms with van der Waals surface area (Å²) in [6, 6.07) is 10.3. The summed E-state index contributed by atoms with van der Waals surface area (Å²) in [5.41, 5.74) is 4.53. The van der Waals surface area contributed by atoms with Gasteiger partial charge in [-0.1, -0.05) is 11.6 Å². The Kier molecular flexibility index (Phi) is 4.64. The van der Waals surface area contributed by atoms with Crippen LogP contribution in [0.4, 0.5) is 11.6 Å². The Labute approximate surface area is 142 Å². The van der Waals surface area contributed by atoms with Gasteiger partial charge in [0.25, 0.3) is 5.91 Å². The lowest BCUT2D eigenvalue weighted by Gasteiger charge is -2.09. The van der Waals surface area contributed by atoms with Crippen molar-refractivity contribution in [1.82, 2.24) is 20.4 Å². The van der Waals surface area contributed by atoms with E-state index in [0.29, 0.717) is 27.9 Å². The molecule has 8 heteroatoms. The minimum absolute atomic E-state index is 0.351. The summed E-state index contributed by atoms with van der Waals surface area (Å²) in [6.07, 6.45) is 5.03. The van der Waals surface area contributed by atoms with E-state index in [9.17, 15) is 4.79 Å². The number of pyridine rings is 1. The highest BCUT2D eigenvalue weighted by Gasteiger charge is 2.09. The van der Waals surface area contributed by atoms with Gasteiger partial charge in [0.05, 0.1) is 16.4 Å². The van der Waals surface area contributed by atoms with Gasteiger partial charge < -0.3 is 5.32 Å². The van der Waals surface area contributed by atoms with E-state index in [1.54, 1.807) is 42.9 Å². The van der Waals surface area contributed by atoms with Crippen LogP contribution in [0.3, 0.4) is 0 Å². The second-order valence-electron chi connectivity index (χ2n) is 4.80. The Morgan fingerprint density at radius 2 is 2.04 bits per heavy atom. The van der Waals surface area contributed by atoms with Gasteiger partial charge in [0.15, 0.2) is 0 Å². The van der Waals surface area contributed by atoms with Crippen LogP contribution in [0.15, 0.2) is 55.0 Å². The molecule has 0 aliphatic rings. The average Bonchev–Trinajstić information content (AvgIpc) is 2.64. The molecule has 0 saturated carbocycles. The Hall–Kier alpha value is -3.03. The monoisotopic (exact) mass is 340 g/mol. The fourth-order valence-corrected chi connectivity index (χ4v) is 2.22. The third kappa shape index (κ3) is 3.48. The molecule has 0 radical (unpaired) electrons. The van der Waals surface area contributed by atoms with E-state index >= 15 is 0 Å². The quantitative estimate of drug-likeness (QED) is 0.383. The third-order valence-corrected chi connectivity index (χ3v) is 3.55. The molecule has 0 bridgehead atoms. The first-order valence-corrected chi connectivity index (χ1v) is 7.36. The molecule has 7 nitrogen and oxygen atoms in total. The van der Waals surface area contributed by atoms with Crippen LogP contribution in [0.25, 0.3) is 11.3 Å². The molecule has 1 amide bonds. The van der Waals surface area contributed by atoms with Crippen LogP contribution in [-0.2, 0) is 0 Å². The van der Waals surface area contributed by atoms with Gasteiger partial charge >= 0.3 is 0 Å². The largest absolute Gasteiger partial charge is 0.323 e. The fraction of sp³-hybridized carbons (Fsp3) is 0. The number of nitrogen functional groups attached to an aromatic ring is 1. The number of nitrogens with two attached hydrogens (primary N) is 1. The van der Waals surface area contributed by atoms with Crippen molar-refractivity contribution in [1.29, 1.82) is 0 Å². The van der Waals surface area contributed by atoms with E-state index in [0.717, 1.165) is 5.56 Å². The van der Waals surface area contributed by atoms with Gasteiger partial charge in [0.2, 0.25) is 5.95 Å². The number of aromatic nitrogens is 3.